The van der Waals surface area contributed by atoms with E-state index in [0.717, 1.165) is 12.7 Å². The molecule has 1 saturated heterocycles. The van der Waals surface area contributed by atoms with Gasteiger partial charge in [0.05, 0.1) is 0 Å². The van der Waals surface area contributed by atoms with Crippen LogP contribution in [0.2, 0.25) is 21.1 Å². The second-order valence-electron chi connectivity index (χ2n) is 9.40. The summed E-state index contributed by atoms with van der Waals surface area (Å²) >= 11 is -2.07. The van der Waals surface area contributed by atoms with Crippen LogP contribution in [0.3, 0.4) is 0 Å². The molecule has 1 fully saturated rings. The van der Waals surface area contributed by atoms with Gasteiger partial charge in [0.1, 0.15) is 0 Å². The Bertz CT molecular complexity index is 486. The SMILES string of the molecule is CC(C)=C(CB1OC(C)(C)C(C)(C)O1)C[C](=C(C)C)[Sn]([CH3])([CH3])[CH3]. The summed E-state index contributed by atoms with van der Waals surface area (Å²) in [6.45, 7) is 17.5. The van der Waals surface area contributed by atoms with Crippen molar-refractivity contribution in [2.45, 2.75) is 94.2 Å². The van der Waals surface area contributed by atoms with Crippen LogP contribution in [0.15, 0.2) is 20.3 Å². The summed E-state index contributed by atoms with van der Waals surface area (Å²) < 4.78 is 14.2. The first-order valence-electron chi connectivity index (χ1n) is 8.85. The minimum atomic E-state index is -2.07. The third-order valence-corrected chi connectivity index (χ3v) is 12.4. The molecule has 0 radical (unpaired) electrons. The quantitative estimate of drug-likeness (QED) is 0.395. The first-order valence-corrected chi connectivity index (χ1v) is 18.8. The molecule has 0 spiro atoms. The van der Waals surface area contributed by atoms with E-state index in [1.165, 1.54) is 16.7 Å². The van der Waals surface area contributed by atoms with E-state index in [4.69, 9.17) is 9.31 Å². The fourth-order valence-electron chi connectivity index (χ4n) is 3.11. The summed E-state index contributed by atoms with van der Waals surface area (Å²) in [6, 6.07) is 0. The van der Waals surface area contributed by atoms with Gasteiger partial charge in [0, 0.05) is 0 Å². The molecule has 1 rings (SSSR count). The van der Waals surface area contributed by atoms with Gasteiger partial charge in [0.25, 0.3) is 0 Å². The summed E-state index contributed by atoms with van der Waals surface area (Å²) in [5.74, 6) is 0. The van der Waals surface area contributed by atoms with Crippen LogP contribution in [0.25, 0.3) is 0 Å². The monoisotopic (exact) mass is 428 g/mol. The Hall–Kier alpha value is 0.264. The molecule has 0 aromatic heterocycles. The molecule has 23 heavy (non-hydrogen) atoms. The van der Waals surface area contributed by atoms with Crippen molar-refractivity contribution in [3.63, 3.8) is 0 Å². The predicted molar refractivity (Wildman–Crippen MR) is 106 cm³/mol. The van der Waals surface area contributed by atoms with Crippen LogP contribution in [-0.4, -0.2) is 36.7 Å². The van der Waals surface area contributed by atoms with E-state index in [2.05, 4.69) is 70.2 Å². The molecular weight excluding hydrogens is 390 g/mol. The first kappa shape index (κ1) is 21.3. The Balaban J connectivity index is 2.96. The van der Waals surface area contributed by atoms with Crippen molar-refractivity contribution >= 4 is 25.5 Å². The molecule has 1 aliphatic rings. The Morgan fingerprint density at radius 1 is 0.826 bits per heavy atom. The first-order chi connectivity index (χ1) is 10.2. The third kappa shape index (κ3) is 5.37. The molecule has 0 bridgehead atoms. The molecule has 0 unspecified atom stereocenters. The van der Waals surface area contributed by atoms with E-state index in [-0.39, 0.29) is 18.3 Å². The summed E-state index contributed by atoms with van der Waals surface area (Å²) in [7, 11) is -0.126. The summed E-state index contributed by atoms with van der Waals surface area (Å²) in [6.07, 6.45) is 1.99. The van der Waals surface area contributed by atoms with Crippen LogP contribution in [0.4, 0.5) is 0 Å². The average molecular weight is 427 g/mol. The molecule has 0 N–H and O–H groups in total. The molecule has 0 aromatic carbocycles. The number of allylic oxidation sites excluding steroid dienone is 4. The zero-order chi connectivity index (χ0) is 18.2. The summed E-state index contributed by atoms with van der Waals surface area (Å²) in [5.41, 5.74) is 3.93. The molecule has 4 heteroatoms. The molecule has 132 valence electrons. The Kier molecular flexibility index (Phi) is 6.72. The summed E-state index contributed by atoms with van der Waals surface area (Å²) in [4.78, 5) is 7.53. The standard InChI is InChI=1S/C16H28BO2.3CH3.Sn/c1-12(2)9-10-14(13(3)4)11-17-18-15(5,6)16(7,8)19-17;;;;/h10-11H2,1-8H3;3*1H3;. The normalized spacial score (nSPS) is 19.7. The van der Waals surface area contributed by atoms with Crippen molar-refractivity contribution in [2.75, 3.05) is 0 Å². The molecule has 0 amide bonds. The van der Waals surface area contributed by atoms with Gasteiger partial charge in [-0.2, -0.15) is 0 Å². The van der Waals surface area contributed by atoms with Crippen molar-refractivity contribution in [2.24, 2.45) is 0 Å². The maximum absolute atomic E-state index is 6.22. The van der Waals surface area contributed by atoms with Gasteiger partial charge < -0.3 is 0 Å². The van der Waals surface area contributed by atoms with E-state index < -0.39 is 18.4 Å². The van der Waals surface area contributed by atoms with Crippen LogP contribution in [0.1, 0.15) is 61.8 Å². The second kappa shape index (κ2) is 7.25. The van der Waals surface area contributed by atoms with Gasteiger partial charge in [-0.05, 0) is 0 Å². The minimum absolute atomic E-state index is 0.126. The van der Waals surface area contributed by atoms with Crippen molar-refractivity contribution in [3.8, 4) is 0 Å². The van der Waals surface area contributed by atoms with Crippen LogP contribution in [-0.2, 0) is 9.31 Å². The molecular formula is C19H37BO2Sn. The topological polar surface area (TPSA) is 18.5 Å². The fraction of sp³-hybridized carbons (Fsp3) is 0.789. The van der Waals surface area contributed by atoms with Gasteiger partial charge in [0.2, 0.25) is 0 Å². The van der Waals surface area contributed by atoms with E-state index in [1.54, 1.807) is 3.59 Å². The number of rotatable bonds is 5. The van der Waals surface area contributed by atoms with Crippen LogP contribution < -0.4 is 0 Å². The maximum atomic E-state index is 6.22. The fourth-order valence-corrected chi connectivity index (χ4v) is 9.51. The van der Waals surface area contributed by atoms with Gasteiger partial charge >= 0.3 is 149 Å². The molecule has 0 atom stereocenters. The van der Waals surface area contributed by atoms with Crippen LogP contribution in [0.5, 0.6) is 0 Å². The van der Waals surface area contributed by atoms with Crippen LogP contribution in [0, 0.1) is 0 Å². The van der Waals surface area contributed by atoms with Crippen molar-refractivity contribution in [1.82, 2.24) is 0 Å². The zero-order valence-electron chi connectivity index (χ0n) is 17.3. The molecule has 0 saturated carbocycles. The Morgan fingerprint density at radius 3 is 1.57 bits per heavy atom. The predicted octanol–water partition coefficient (Wildman–Crippen LogP) is 6.02. The molecule has 0 aromatic rings. The van der Waals surface area contributed by atoms with Gasteiger partial charge in [-0.3, -0.25) is 0 Å². The van der Waals surface area contributed by atoms with Gasteiger partial charge in [-0.15, -0.1) is 0 Å². The van der Waals surface area contributed by atoms with Gasteiger partial charge in [-0.1, -0.05) is 0 Å². The van der Waals surface area contributed by atoms with Gasteiger partial charge in [-0.25, -0.2) is 0 Å². The number of hydrogen-bond donors (Lipinski definition) is 0. The molecule has 1 aliphatic heterocycles. The van der Waals surface area contributed by atoms with E-state index in [0.29, 0.717) is 0 Å². The van der Waals surface area contributed by atoms with E-state index in [1.807, 2.05) is 0 Å². The third-order valence-electron chi connectivity index (χ3n) is 5.32. The van der Waals surface area contributed by atoms with Crippen LogP contribution >= 0.6 is 0 Å². The Labute approximate surface area is 149 Å². The average Bonchev–Trinajstić information content (AvgIpc) is 2.50. The zero-order valence-corrected chi connectivity index (χ0v) is 20.2. The van der Waals surface area contributed by atoms with E-state index in [9.17, 15) is 0 Å². The Morgan fingerprint density at radius 2 is 1.26 bits per heavy atom. The van der Waals surface area contributed by atoms with Crippen molar-refractivity contribution in [3.05, 3.63) is 20.3 Å². The van der Waals surface area contributed by atoms with Crippen molar-refractivity contribution < 1.29 is 9.31 Å². The number of hydrogen-bond acceptors (Lipinski definition) is 2. The summed E-state index contributed by atoms with van der Waals surface area (Å²) in [5, 5.41) is 0. The van der Waals surface area contributed by atoms with Gasteiger partial charge in [0.15, 0.2) is 0 Å². The van der Waals surface area contributed by atoms with Crippen molar-refractivity contribution in [1.29, 1.82) is 0 Å². The molecule has 0 aliphatic carbocycles. The molecule has 1 heterocycles. The second-order valence-corrected chi connectivity index (χ2v) is 24.0. The van der Waals surface area contributed by atoms with E-state index >= 15 is 0 Å². The molecule has 2 nitrogen and oxygen atoms in total.